The lowest BCUT2D eigenvalue weighted by Gasteiger charge is -2.10. The van der Waals surface area contributed by atoms with Crippen LogP contribution in [0.15, 0.2) is 47.6 Å². The minimum absolute atomic E-state index is 0.0358. The highest BCUT2D eigenvalue weighted by atomic mass is 32.2. The maximum atomic E-state index is 13.4. The number of nitrogens with one attached hydrogen (secondary N) is 2. The van der Waals surface area contributed by atoms with Crippen molar-refractivity contribution < 1.29 is 18.9 Å². The molecule has 0 unspecified atom stereocenters. The molecule has 33 heavy (non-hydrogen) atoms. The fourth-order valence-electron chi connectivity index (χ4n) is 2.94. The monoisotopic (exact) mass is 472 g/mol. The minimum atomic E-state index is -0.570. The van der Waals surface area contributed by atoms with Crippen LogP contribution in [0, 0.1) is 22.9 Å². The molecule has 0 aliphatic heterocycles. The van der Waals surface area contributed by atoms with Crippen molar-refractivity contribution >= 4 is 35.0 Å². The van der Waals surface area contributed by atoms with Crippen molar-refractivity contribution in [2.75, 3.05) is 11.1 Å². The number of benzene rings is 2. The first-order valence-electron chi connectivity index (χ1n) is 9.92. The Morgan fingerprint density at radius 2 is 2.00 bits per heavy atom. The number of hydrogen-bond acceptors (Lipinski definition) is 7. The maximum absolute atomic E-state index is 13.4. The van der Waals surface area contributed by atoms with E-state index in [4.69, 9.17) is 0 Å². The largest absolute Gasteiger partial charge is 0.345 e. The van der Waals surface area contributed by atoms with Gasteiger partial charge in [0.25, 0.3) is 11.6 Å². The number of nitro groups is 1. The zero-order valence-electron chi connectivity index (χ0n) is 17.9. The molecule has 1 aromatic heterocycles. The smallest absolute Gasteiger partial charge is 0.270 e. The van der Waals surface area contributed by atoms with E-state index in [0.29, 0.717) is 23.2 Å². The van der Waals surface area contributed by atoms with E-state index in [0.717, 1.165) is 17.3 Å². The number of thioether (sulfide) groups is 1. The van der Waals surface area contributed by atoms with Gasteiger partial charge in [0.1, 0.15) is 5.82 Å². The molecule has 2 amide bonds. The lowest BCUT2D eigenvalue weighted by Crippen LogP contribution is -2.25. The lowest BCUT2D eigenvalue weighted by molar-refractivity contribution is -0.384. The van der Waals surface area contributed by atoms with Crippen molar-refractivity contribution in [3.05, 3.63) is 75.3 Å². The number of carbonyl (C=O) groups is 2. The molecule has 2 N–H and O–H groups in total. The van der Waals surface area contributed by atoms with Crippen molar-refractivity contribution in [1.29, 1.82) is 0 Å². The van der Waals surface area contributed by atoms with E-state index in [9.17, 15) is 24.1 Å². The molecule has 0 radical (unpaired) electrons. The second-order valence-corrected chi connectivity index (χ2v) is 7.87. The molecule has 2 aromatic carbocycles. The molecule has 172 valence electrons. The van der Waals surface area contributed by atoms with Gasteiger partial charge in [-0.15, -0.1) is 10.2 Å². The fraction of sp³-hybridized carbons (Fsp3) is 0.238. The summed E-state index contributed by atoms with van der Waals surface area (Å²) in [6.07, 6.45) is 0. The predicted octanol–water partition coefficient (Wildman–Crippen LogP) is 3.31. The Morgan fingerprint density at radius 3 is 2.73 bits per heavy atom. The average Bonchev–Trinajstić information content (AvgIpc) is 3.20. The van der Waals surface area contributed by atoms with Crippen LogP contribution in [-0.4, -0.2) is 37.3 Å². The van der Waals surface area contributed by atoms with Crippen LogP contribution in [0.3, 0.4) is 0 Å². The molecule has 0 aliphatic rings. The molecule has 12 heteroatoms. The van der Waals surface area contributed by atoms with E-state index in [2.05, 4.69) is 20.8 Å². The summed E-state index contributed by atoms with van der Waals surface area (Å²) < 4.78 is 15.2. The Balaban J connectivity index is 1.60. The van der Waals surface area contributed by atoms with E-state index in [1.165, 1.54) is 36.4 Å². The summed E-state index contributed by atoms with van der Waals surface area (Å²) in [5, 5.41) is 24.9. The average molecular weight is 473 g/mol. The second-order valence-electron chi connectivity index (χ2n) is 6.93. The molecule has 0 aliphatic carbocycles. The number of nitro benzene ring substituents is 1. The molecule has 0 saturated carbocycles. The van der Waals surface area contributed by atoms with Crippen LogP contribution < -0.4 is 10.6 Å². The Bertz CT molecular complexity index is 1200. The highest BCUT2D eigenvalue weighted by Gasteiger charge is 2.16. The number of rotatable bonds is 9. The van der Waals surface area contributed by atoms with Crippen LogP contribution in [0.4, 0.5) is 15.8 Å². The Labute approximate surface area is 192 Å². The van der Waals surface area contributed by atoms with Crippen LogP contribution >= 0.6 is 11.8 Å². The molecule has 0 spiro atoms. The molecule has 0 atom stereocenters. The van der Waals surface area contributed by atoms with Gasteiger partial charge in [-0.2, -0.15) is 0 Å². The van der Waals surface area contributed by atoms with Gasteiger partial charge in [-0.1, -0.05) is 23.9 Å². The van der Waals surface area contributed by atoms with E-state index in [1.54, 1.807) is 17.6 Å². The van der Waals surface area contributed by atoms with Crippen LogP contribution in [0.1, 0.15) is 28.7 Å². The first kappa shape index (κ1) is 23.9. The zero-order valence-corrected chi connectivity index (χ0v) is 18.7. The van der Waals surface area contributed by atoms with E-state index in [1.807, 2.05) is 6.92 Å². The summed E-state index contributed by atoms with van der Waals surface area (Å²) in [6.45, 7) is 4.19. The Hall–Kier alpha value is -3.80. The molecule has 3 rings (SSSR count). The summed E-state index contributed by atoms with van der Waals surface area (Å²) in [5.74, 6) is -0.733. The van der Waals surface area contributed by atoms with Crippen molar-refractivity contribution in [3.63, 3.8) is 0 Å². The van der Waals surface area contributed by atoms with Crippen molar-refractivity contribution in [1.82, 2.24) is 20.1 Å². The van der Waals surface area contributed by atoms with Crippen LogP contribution in [0.2, 0.25) is 0 Å². The number of carbonyl (C=O) groups excluding carboxylic acids is 2. The van der Waals surface area contributed by atoms with E-state index in [-0.39, 0.29) is 29.5 Å². The Morgan fingerprint density at radius 1 is 1.21 bits per heavy atom. The standard InChI is InChI=1S/C21H21FN6O4S/c1-3-27-18(11-23-20(30)14-5-4-6-16(9-14)28(31)32)25-26-21(27)33-12-19(29)24-17-10-15(22)8-7-13(17)2/h4-10H,3,11-12H2,1-2H3,(H,23,30)(H,24,29). The molecular formula is C21H21FN6O4S. The molecular weight excluding hydrogens is 451 g/mol. The van der Waals surface area contributed by atoms with Gasteiger partial charge < -0.3 is 15.2 Å². The number of non-ortho nitro benzene ring substituents is 1. The number of aryl methyl sites for hydroxylation is 1. The highest BCUT2D eigenvalue weighted by molar-refractivity contribution is 7.99. The molecule has 1 heterocycles. The first-order chi connectivity index (χ1) is 15.8. The van der Waals surface area contributed by atoms with E-state index < -0.39 is 16.6 Å². The Kier molecular flexibility index (Phi) is 7.72. The van der Waals surface area contributed by atoms with Gasteiger partial charge >= 0.3 is 0 Å². The number of nitrogens with zero attached hydrogens (tertiary/aromatic N) is 4. The summed E-state index contributed by atoms with van der Waals surface area (Å²) in [7, 11) is 0. The molecule has 0 saturated heterocycles. The minimum Gasteiger partial charge on any atom is -0.345 e. The third-order valence-corrected chi connectivity index (χ3v) is 5.61. The van der Waals surface area contributed by atoms with Crippen molar-refractivity contribution in [2.45, 2.75) is 32.1 Å². The van der Waals surface area contributed by atoms with Crippen LogP contribution in [0.25, 0.3) is 0 Å². The number of aromatic nitrogens is 3. The quantitative estimate of drug-likeness (QED) is 0.277. The number of amides is 2. The summed E-state index contributed by atoms with van der Waals surface area (Å²) in [4.78, 5) is 35.0. The van der Waals surface area contributed by atoms with E-state index >= 15 is 0 Å². The molecule has 0 fully saturated rings. The number of anilines is 1. The lowest BCUT2D eigenvalue weighted by atomic mass is 10.2. The number of hydrogen-bond donors (Lipinski definition) is 2. The first-order valence-corrected chi connectivity index (χ1v) is 10.9. The van der Waals surface area contributed by atoms with Gasteiger partial charge in [-0.05, 0) is 37.6 Å². The normalized spacial score (nSPS) is 10.6. The third kappa shape index (κ3) is 6.13. The SMILES string of the molecule is CCn1c(CNC(=O)c2cccc([N+](=O)[O-])c2)nnc1SCC(=O)Nc1cc(F)ccc1C. The predicted molar refractivity (Wildman–Crippen MR) is 120 cm³/mol. The summed E-state index contributed by atoms with van der Waals surface area (Å²) in [5.41, 5.74) is 1.13. The molecule has 0 bridgehead atoms. The molecule has 3 aromatic rings. The van der Waals surface area contributed by atoms with Crippen molar-refractivity contribution in [3.8, 4) is 0 Å². The summed E-state index contributed by atoms with van der Waals surface area (Å²) in [6, 6.07) is 9.58. The third-order valence-electron chi connectivity index (χ3n) is 4.64. The topological polar surface area (TPSA) is 132 Å². The van der Waals surface area contributed by atoms with Gasteiger partial charge in [0.05, 0.1) is 17.2 Å². The zero-order chi connectivity index (χ0) is 24.0. The van der Waals surface area contributed by atoms with Crippen LogP contribution in [0.5, 0.6) is 0 Å². The maximum Gasteiger partial charge on any atom is 0.270 e. The highest BCUT2D eigenvalue weighted by Crippen LogP contribution is 2.20. The van der Waals surface area contributed by atoms with Gasteiger partial charge in [-0.3, -0.25) is 19.7 Å². The number of halogens is 1. The van der Waals surface area contributed by atoms with Gasteiger partial charge in [0, 0.05) is 29.9 Å². The van der Waals surface area contributed by atoms with Gasteiger partial charge in [0.15, 0.2) is 11.0 Å². The second kappa shape index (κ2) is 10.7. The van der Waals surface area contributed by atoms with Crippen LogP contribution in [-0.2, 0) is 17.9 Å². The van der Waals surface area contributed by atoms with Crippen molar-refractivity contribution in [2.24, 2.45) is 0 Å². The fourth-order valence-corrected chi connectivity index (χ4v) is 3.76. The van der Waals surface area contributed by atoms with Gasteiger partial charge in [0.2, 0.25) is 5.91 Å². The molecule has 10 nitrogen and oxygen atoms in total. The summed E-state index contributed by atoms with van der Waals surface area (Å²) >= 11 is 1.16. The van der Waals surface area contributed by atoms with Gasteiger partial charge in [-0.25, -0.2) is 4.39 Å².